The Balaban J connectivity index is 1.70. The number of benzene rings is 1. The van der Waals surface area contributed by atoms with E-state index in [-0.39, 0.29) is 17.1 Å². The predicted molar refractivity (Wildman–Crippen MR) is 137 cm³/mol. The van der Waals surface area contributed by atoms with Gasteiger partial charge in [0.15, 0.2) is 5.65 Å². The average molecular weight is 473 g/mol. The highest BCUT2D eigenvalue weighted by Gasteiger charge is 2.26. The molecule has 0 radical (unpaired) electrons. The molecule has 7 nitrogen and oxygen atoms in total. The van der Waals surface area contributed by atoms with Crippen molar-refractivity contribution in [3.8, 4) is 11.3 Å². The standard InChI is InChI=1S/C25H36N4O3S/c1-17-7-8-19(18(2)28-11-13-33(31,32)14-12-28)15-20(17)21-9-10-22-23(26-21)27(6)24(30)29(22)16-25(3,4)5/h7-10,15,18,31-32H,11-14,16H2,1-6H3/t18-/m0/s1. The number of hydrogen-bond donors (Lipinski definition) is 2. The molecule has 2 N–H and O–H groups in total. The van der Waals surface area contributed by atoms with E-state index in [9.17, 15) is 13.9 Å². The van der Waals surface area contributed by atoms with Crippen LogP contribution in [-0.4, -0.2) is 52.7 Å². The maximum atomic E-state index is 12.9. The highest BCUT2D eigenvalue weighted by molar-refractivity contribution is 8.24. The van der Waals surface area contributed by atoms with Gasteiger partial charge in [0, 0.05) is 38.3 Å². The van der Waals surface area contributed by atoms with Crippen LogP contribution in [0.5, 0.6) is 0 Å². The van der Waals surface area contributed by atoms with Crippen LogP contribution in [0.25, 0.3) is 22.4 Å². The first-order valence-electron chi connectivity index (χ1n) is 11.5. The van der Waals surface area contributed by atoms with Crippen molar-refractivity contribution in [2.24, 2.45) is 12.5 Å². The van der Waals surface area contributed by atoms with Crippen molar-refractivity contribution in [2.75, 3.05) is 24.6 Å². The second-order valence-corrected chi connectivity index (χ2v) is 12.9. The summed E-state index contributed by atoms with van der Waals surface area (Å²) < 4.78 is 23.3. The van der Waals surface area contributed by atoms with Crippen LogP contribution in [0.1, 0.15) is 44.9 Å². The van der Waals surface area contributed by atoms with E-state index in [0.29, 0.717) is 36.8 Å². The second-order valence-electron chi connectivity index (χ2n) is 10.5. The van der Waals surface area contributed by atoms with Crippen molar-refractivity contribution in [3.63, 3.8) is 0 Å². The van der Waals surface area contributed by atoms with Crippen LogP contribution >= 0.6 is 10.6 Å². The fraction of sp³-hybridized carbons (Fsp3) is 0.520. The number of aryl methyl sites for hydroxylation is 2. The van der Waals surface area contributed by atoms with Gasteiger partial charge in [0.25, 0.3) is 0 Å². The normalized spacial score (nSPS) is 19.0. The molecule has 1 fully saturated rings. The minimum Gasteiger partial charge on any atom is -0.299 e. The van der Waals surface area contributed by atoms with Crippen molar-refractivity contribution in [2.45, 2.75) is 47.2 Å². The highest BCUT2D eigenvalue weighted by Crippen LogP contribution is 2.42. The molecule has 1 aliphatic heterocycles. The summed E-state index contributed by atoms with van der Waals surface area (Å²) in [6.45, 7) is 12.6. The summed E-state index contributed by atoms with van der Waals surface area (Å²) in [7, 11) is -0.624. The maximum absolute atomic E-state index is 12.9. The number of rotatable bonds is 4. The molecule has 3 heterocycles. The van der Waals surface area contributed by atoms with Crippen molar-refractivity contribution >= 4 is 21.8 Å². The third-order valence-corrected chi connectivity index (χ3v) is 8.26. The topological polar surface area (TPSA) is 83.5 Å². The van der Waals surface area contributed by atoms with Crippen molar-refractivity contribution in [1.82, 2.24) is 19.0 Å². The van der Waals surface area contributed by atoms with Crippen LogP contribution < -0.4 is 5.69 Å². The van der Waals surface area contributed by atoms with E-state index in [4.69, 9.17) is 4.98 Å². The Kier molecular flexibility index (Phi) is 6.24. The van der Waals surface area contributed by atoms with Gasteiger partial charge in [-0.3, -0.25) is 23.1 Å². The third kappa shape index (κ3) is 4.89. The Labute approximate surface area is 197 Å². The van der Waals surface area contributed by atoms with Gasteiger partial charge in [-0.1, -0.05) is 32.9 Å². The van der Waals surface area contributed by atoms with E-state index in [1.165, 1.54) is 5.56 Å². The Morgan fingerprint density at radius 3 is 2.42 bits per heavy atom. The lowest BCUT2D eigenvalue weighted by atomic mass is 9.97. The van der Waals surface area contributed by atoms with Crippen molar-refractivity contribution in [3.05, 3.63) is 51.9 Å². The zero-order valence-electron chi connectivity index (χ0n) is 20.5. The highest BCUT2D eigenvalue weighted by atomic mass is 32.3. The molecule has 2 aromatic heterocycles. The molecule has 0 spiro atoms. The smallest absolute Gasteiger partial charge is 0.299 e. The van der Waals surface area contributed by atoms with E-state index >= 15 is 0 Å². The van der Waals surface area contributed by atoms with Crippen LogP contribution in [0, 0.1) is 12.3 Å². The van der Waals surface area contributed by atoms with Crippen molar-refractivity contribution < 1.29 is 9.11 Å². The molecule has 1 aliphatic rings. The minimum absolute atomic E-state index is 0.0144. The molecular formula is C25H36N4O3S. The van der Waals surface area contributed by atoms with Gasteiger partial charge in [0.05, 0.1) is 22.7 Å². The van der Waals surface area contributed by atoms with Crippen LogP contribution in [-0.2, 0) is 13.6 Å². The molecule has 0 bridgehead atoms. The van der Waals surface area contributed by atoms with Crippen LogP contribution in [0.2, 0.25) is 0 Å². The zero-order valence-corrected chi connectivity index (χ0v) is 21.3. The summed E-state index contributed by atoms with van der Waals surface area (Å²) in [5.41, 5.74) is 5.71. The molecule has 3 aromatic rings. The molecule has 33 heavy (non-hydrogen) atoms. The quantitative estimate of drug-likeness (QED) is 0.565. The van der Waals surface area contributed by atoms with Crippen LogP contribution in [0.15, 0.2) is 35.1 Å². The summed E-state index contributed by atoms with van der Waals surface area (Å²) >= 11 is 0. The molecule has 1 atom stereocenters. The van der Waals surface area contributed by atoms with Gasteiger partial charge in [0.1, 0.15) is 0 Å². The molecule has 0 unspecified atom stereocenters. The fourth-order valence-electron chi connectivity index (χ4n) is 4.56. The predicted octanol–water partition coefficient (Wildman–Crippen LogP) is 4.88. The number of aromatic nitrogens is 3. The first-order valence-corrected chi connectivity index (χ1v) is 13.4. The monoisotopic (exact) mass is 472 g/mol. The van der Waals surface area contributed by atoms with Gasteiger partial charge in [-0.2, -0.15) is 10.6 Å². The zero-order chi connectivity index (χ0) is 24.1. The molecule has 8 heteroatoms. The largest absolute Gasteiger partial charge is 0.330 e. The first kappa shape index (κ1) is 24.0. The molecule has 1 saturated heterocycles. The van der Waals surface area contributed by atoms with Gasteiger partial charge in [-0.25, -0.2) is 9.78 Å². The van der Waals surface area contributed by atoms with Crippen molar-refractivity contribution in [1.29, 1.82) is 0 Å². The first-order chi connectivity index (χ1) is 15.4. The average Bonchev–Trinajstić information content (AvgIpc) is 2.97. The van der Waals surface area contributed by atoms with Gasteiger partial charge in [0.2, 0.25) is 0 Å². The molecular weight excluding hydrogens is 436 g/mol. The molecule has 0 aliphatic carbocycles. The van der Waals surface area contributed by atoms with E-state index in [1.807, 2.05) is 16.7 Å². The third-order valence-electron chi connectivity index (χ3n) is 6.59. The number of pyridine rings is 1. The number of fused-ring (bicyclic) bond motifs is 1. The summed E-state index contributed by atoms with van der Waals surface area (Å²) in [4.78, 5) is 20.1. The van der Waals surface area contributed by atoms with E-state index in [2.05, 4.69) is 57.7 Å². The van der Waals surface area contributed by atoms with Gasteiger partial charge in [-0.05, 0) is 48.6 Å². The second kappa shape index (κ2) is 8.58. The lowest BCUT2D eigenvalue weighted by molar-refractivity contribution is 0.223. The van der Waals surface area contributed by atoms with Gasteiger partial charge in [-0.15, -0.1) is 0 Å². The number of nitrogens with zero attached hydrogens (tertiary/aromatic N) is 4. The van der Waals surface area contributed by atoms with E-state index in [1.54, 1.807) is 11.6 Å². The molecule has 1 aromatic carbocycles. The van der Waals surface area contributed by atoms with Crippen LogP contribution in [0.4, 0.5) is 0 Å². The molecule has 4 rings (SSSR count). The lowest BCUT2D eigenvalue weighted by Gasteiger charge is -2.43. The van der Waals surface area contributed by atoms with Crippen LogP contribution in [0.3, 0.4) is 0 Å². The van der Waals surface area contributed by atoms with E-state index in [0.717, 1.165) is 22.3 Å². The fourth-order valence-corrected chi connectivity index (χ4v) is 5.82. The SMILES string of the molecule is Cc1ccc([C@H](C)N2CCS(O)(O)CC2)cc1-c1ccc2c(n1)n(C)c(=O)n2CC(C)(C)C. The Hall–Kier alpha value is -2.13. The Bertz CT molecular complexity index is 1230. The summed E-state index contributed by atoms with van der Waals surface area (Å²) in [5.74, 6) is 0.877. The maximum Gasteiger partial charge on any atom is 0.330 e. The summed E-state index contributed by atoms with van der Waals surface area (Å²) in [6.07, 6.45) is 0. The molecule has 0 saturated carbocycles. The summed E-state index contributed by atoms with van der Waals surface area (Å²) in [6, 6.07) is 10.6. The van der Waals surface area contributed by atoms with E-state index < -0.39 is 10.6 Å². The number of imidazole rings is 1. The minimum atomic E-state index is -2.41. The van der Waals surface area contributed by atoms with Gasteiger partial charge >= 0.3 is 5.69 Å². The Morgan fingerprint density at radius 2 is 1.79 bits per heavy atom. The molecule has 0 amide bonds. The van der Waals surface area contributed by atoms with Gasteiger partial charge < -0.3 is 0 Å². The molecule has 180 valence electrons. The summed E-state index contributed by atoms with van der Waals surface area (Å²) in [5, 5.41) is 0. The Morgan fingerprint density at radius 1 is 1.12 bits per heavy atom. The number of hydrogen-bond acceptors (Lipinski definition) is 5. The lowest BCUT2D eigenvalue weighted by Crippen LogP contribution is -2.39.